The normalized spacial score (nSPS) is 19.7. The number of morpholine rings is 6. The maximum absolute atomic E-state index is 9.25. The maximum atomic E-state index is 9.25. The van der Waals surface area contributed by atoms with Crippen molar-refractivity contribution in [2.45, 2.75) is 221 Å². The van der Waals surface area contributed by atoms with Crippen LogP contribution < -0.4 is 57.8 Å². The molecule has 7 aliphatic heterocycles. The molecule has 0 bridgehead atoms. The molecule has 658 valence electrons. The van der Waals surface area contributed by atoms with Gasteiger partial charge < -0.3 is 96.1 Å². The standard InChI is InChI=1S/C17H25NO3.2C17H27NO2.C16H25NO3.C16H25NO2.C15H23NO2/c1-16(2,3)13-5-6-14(15(9-13)19-4)18-7-8-21-17(10-18)11-20-12-17;1-12-10-18(11-13(2)20-12)15-8-7-14(17(3,4)5)9-16(15)19-6;1-16(2,3)13-7-8-14(15(11-13)19-6)18-9-10-20-17(4,5)12-18;1-16(2,3)12-5-6-14(15(9-12)19-4)17-7-8-20-13(10-17)11-18;1-5-19-15-12-13(16(2,3)4)6-7-14(15)17-8-10-18-11-9-17;1-15(2,3)12-5-6-13(14(11-12)17-4)16-7-9-18-10-8-16/h5-6,9H,7-8,10-12H2,1-4H3;7-9,12-13H,10-11H2,1-6H3;7-8,11H,9-10,12H2,1-6H3;5-6,9,13,18H,7-8,10-11H2,1-4H3;6-7,12H,5,8-11H2,1-4H3;5-6,11H,7-10H2,1-4H3. The fourth-order valence-electron chi connectivity index (χ4n) is 15.3. The predicted molar refractivity (Wildman–Crippen MR) is 486 cm³/mol. The number of rotatable bonds is 14. The van der Waals surface area contributed by atoms with Crippen LogP contribution >= 0.6 is 0 Å². The van der Waals surface area contributed by atoms with Crippen molar-refractivity contribution in [3.63, 3.8) is 0 Å². The molecule has 118 heavy (non-hydrogen) atoms. The van der Waals surface area contributed by atoms with Gasteiger partial charge in [0.1, 0.15) is 40.1 Å². The number of hydrogen-bond acceptors (Lipinski definition) is 20. The van der Waals surface area contributed by atoms with Crippen LogP contribution in [0.15, 0.2) is 109 Å². The van der Waals surface area contributed by atoms with Gasteiger partial charge >= 0.3 is 0 Å². The minimum atomic E-state index is -0.115. The molecule has 0 saturated carbocycles. The zero-order chi connectivity index (χ0) is 86.8. The number of anilines is 6. The van der Waals surface area contributed by atoms with Crippen molar-refractivity contribution in [2.24, 2.45) is 0 Å². The third-order valence-corrected chi connectivity index (χ3v) is 22.6. The molecule has 0 aromatic heterocycles. The number of aliphatic hydroxyl groups excluding tert-OH is 1. The first-order valence-electron chi connectivity index (χ1n) is 43.1. The molecular formula is C98H152N6O14. The summed E-state index contributed by atoms with van der Waals surface area (Å²) in [4.78, 5) is 14.0. The third-order valence-electron chi connectivity index (χ3n) is 22.6. The summed E-state index contributed by atoms with van der Waals surface area (Å²) < 4.78 is 73.0. The highest BCUT2D eigenvalue weighted by Crippen LogP contribution is 2.43. The Kier molecular flexibility index (Phi) is 34.1. The van der Waals surface area contributed by atoms with Gasteiger partial charge in [0.15, 0.2) is 0 Å². The van der Waals surface area contributed by atoms with Crippen molar-refractivity contribution in [3.05, 3.63) is 143 Å². The second kappa shape index (κ2) is 41.9. The lowest BCUT2D eigenvalue weighted by Gasteiger charge is -2.48. The molecule has 7 heterocycles. The van der Waals surface area contributed by atoms with Gasteiger partial charge in [-0.25, -0.2) is 0 Å². The van der Waals surface area contributed by atoms with Gasteiger partial charge in [0.05, 0.1) is 173 Å². The molecule has 6 aromatic carbocycles. The van der Waals surface area contributed by atoms with Crippen molar-refractivity contribution in [1.29, 1.82) is 0 Å². The Hall–Kier alpha value is -7.40. The van der Waals surface area contributed by atoms with Crippen LogP contribution in [0.1, 0.15) is 193 Å². The second-order valence-electron chi connectivity index (χ2n) is 39.0. The quantitative estimate of drug-likeness (QED) is 0.110. The largest absolute Gasteiger partial charge is 0.495 e. The molecule has 20 heteroatoms. The van der Waals surface area contributed by atoms with Gasteiger partial charge in [-0.05, 0) is 173 Å². The van der Waals surface area contributed by atoms with Crippen LogP contribution in [-0.2, 0) is 65.6 Å². The van der Waals surface area contributed by atoms with E-state index in [2.05, 4.69) is 291 Å². The van der Waals surface area contributed by atoms with E-state index < -0.39 is 0 Å². The molecule has 7 aliphatic rings. The van der Waals surface area contributed by atoms with E-state index in [4.69, 9.17) is 61.6 Å². The number of nitrogens with zero attached hydrogens (tertiary/aromatic N) is 6. The van der Waals surface area contributed by atoms with Crippen molar-refractivity contribution in [2.75, 3.05) is 216 Å². The van der Waals surface area contributed by atoms with E-state index in [9.17, 15) is 5.11 Å². The van der Waals surface area contributed by atoms with Crippen molar-refractivity contribution < 1.29 is 66.7 Å². The van der Waals surface area contributed by atoms with Crippen LogP contribution in [0.25, 0.3) is 0 Å². The fourth-order valence-corrected chi connectivity index (χ4v) is 15.3. The number of hydrogen-bond donors (Lipinski definition) is 1. The molecule has 13 rings (SSSR count). The lowest BCUT2D eigenvalue weighted by molar-refractivity contribution is -0.211. The van der Waals surface area contributed by atoms with Crippen molar-refractivity contribution in [1.82, 2.24) is 0 Å². The monoisotopic (exact) mass is 1640 g/mol. The number of ether oxygens (including phenoxy) is 13. The molecule has 20 nitrogen and oxygen atoms in total. The molecule has 0 radical (unpaired) electrons. The Morgan fingerprint density at radius 2 is 0.653 bits per heavy atom. The first-order chi connectivity index (χ1) is 55.5. The van der Waals surface area contributed by atoms with Gasteiger partial charge in [-0.15, -0.1) is 0 Å². The average molecular weight is 1640 g/mol. The average Bonchev–Trinajstić information content (AvgIpc) is 0.795. The minimum absolute atomic E-state index is 0.0545. The van der Waals surface area contributed by atoms with Gasteiger partial charge in [-0.1, -0.05) is 161 Å². The molecule has 0 amide bonds. The first kappa shape index (κ1) is 96.1. The summed E-state index contributed by atoms with van der Waals surface area (Å²) >= 11 is 0. The summed E-state index contributed by atoms with van der Waals surface area (Å²) in [6, 6.07) is 39.2. The molecule has 3 unspecified atom stereocenters. The summed E-state index contributed by atoms with van der Waals surface area (Å²) in [7, 11) is 8.68. The SMILES string of the molecule is CCOc1cc(C(C)(C)C)ccc1N1CCOCC1.COc1cc(C(C)(C)C)ccc1N1CC(C)OC(C)C1.COc1cc(C(C)(C)C)ccc1N1CCOC(C)(C)C1.COc1cc(C(C)(C)C)ccc1N1CCOC(CO)C1.COc1cc(C(C)(C)C)ccc1N1CCOC2(COC2)C1.COc1cc(C(C)(C)C)ccc1N1CCOCC1. The van der Waals surface area contributed by atoms with E-state index >= 15 is 0 Å². The Morgan fingerprint density at radius 1 is 0.356 bits per heavy atom. The van der Waals surface area contributed by atoms with Crippen LogP contribution in [0.4, 0.5) is 34.1 Å². The van der Waals surface area contributed by atoms with Gasteiger partial charge in [-0.2, -0.15) is 0 Å². The lowest BCUT2D eigenvalue weighted by Crippen LogP contribution is -2.63. The second-order valence-corrected chi connectivity index (χ2v) is 39.0. The zero-order valence-corrected chi connectivity index (χ0v) is 77.8. The molecule has 3 atom stereocenters. The van der Waals surface area contributed by atoms with Crippen molar-refractivity contribution >= 4 is 34.1 Å². The zero-order valence-electron chi connectivity index (χ0n) is 77.8. The smallest absolute Gasteiger partial charge is 0.142 e. The Labute approximate surface area is 711 Å². The summed E-state index contributed by atoms with van der Waals surface area (Å²) in [6.07, 6.45) is 0.396. The molecule has 7 saturated heterocycles. The highest BCUT2D eigenvalue weighted by Gasteiger charge is 2.44. The molecule has 6 aromatic rings. The minimum Gasteiger partial charge on any atom is -0.495 e. The van der Waals surface area contributed by atoms with Gasteiger partial charge in [0.25, 0.3) is 0 Å². The van der Waals surface area contributed by atoms with Crippen LogP contribution in [0.3, 0.4) is 0 Å². The van der Waals surface area contributed by atoms with E-state index in [1.54, 1.807) is 35.5 Å². The molecule has 1 spiro atoms. The Morgan fingerprint density at radius 3 is 0.966 bits per heavy atom. The van der Waals surface area contributed by atoms with E-state index in [0.29, 0.717) is 33.0 Å². The van der Waals surface area contributed by atoms with Crippen LogP contribution in [0.2, 0.25) is 0 Å². The van der Waals surface area contributed by atoms with Gasteiger partial charge in [0.2, 0.25) is 0 Å². The molecular weight excluding hydrogens is 1490 g/mol. The summed E-state index contributed by atoms with van der Waals surface area (Å²) in [5.74, 6) is 5.70. The van der Waals surface area contributed by atoms with Gasteiger partial charge in [0, 0.05) is 72.0 Å². The van der Waals surface area contributed by atoms with Crippen LogP contribution in [0, 0.1) is 0 Å². The van der Waals surface area contributed by atoms with Crippen LogP contribution in [-0.4, -0.2) is 221 Å². The van der Waals surface area contributed by atoms with Gasteiger partial charge in [-0.3, -0.25) is 0 Å². The fraction of sp³-hybridized carbons (Fsp3) is 0.633. The summed E-state index contributed by atoms with van der Waals surface area (Å²) in [5.41, 5.74) is 15.3. The van der Waals surface area contributed by atoms with E-state index in [1.807, 2.05) is 6.92 Å². The summed E-state index contributed by atoms with van der Waals surface area (Å²) in [5, 5.41) is 9.25. The van der Waals surface area contributed by atoms with E-state index in [1.165, 1.54) is 50.4 Å². The molecule has 7 fully saturated rings. The first-order valence-corrected chi connectivity index (χ1v) is 43.1. The summed E-state index contributed by atoms with van der Waals surface area (Å²) in [6.45, 7) is 68.6. The third kappa shape index (κ3) is 27.0. The number of benzene rings is 6. The number of aliphatic hydroxyl groups is 1. The Bertz CT molecular complexity index is 4000. The predicted octanol–water partition coefficient (Wildman–Crippen LogP) is 18.1. The van der Waals surface area contributed by atoms with E-state index in [0.717, 1.165) is 163 Å². The molecule has 1 N–H and O–H groups in total. The van der Waals surface area contributed by atoms with E-state index in [-0.39, 0.29) is 68.6 Å². The van der Waals surface area contributed by atoms with Crippen molar-refractivity contribution in [3.8, 4) is 34.5 Å². The number of methoxy groups -OCH3 is 5. The highest BCUT2D eigenvalue weighted by molar-refractivity contribution is 5.66. The lowest BCUT2D eigenvalue weighted by atomic mass is 9.86. The Balaban J connectivity index is 0.000000177. The van der Waals surface area contributed by atoms with Crippen LogP contribution in [0.5, 0.6) is 34.5 Å². The topological polar surface area (TPSA) is 160 Å². The highest BCUT2D eigenvalue weighted by atomic mass is 16.6. The molecule has 0 aliphatic carbocycles. The maximum Gasteiger partial charge on any atom is 0.142 e.